The first-order valence-electron chi connectivity index (χ1n) is 4.59. The molecule has 0 bridgehead atoms. The topological polar surface area (TPSA) is 69.6 Å². The highest BCUT2D eigenvalue weighted by Crippen LogP contribution is 2.27. The van der Waals surface area contributed by atoms with Crippen molar-refractivity contribution in [1.82, 2.24) is 19.7 Å². The van der Waals surface area contributed by atoms with Gasteiger partial charge in [0.05, 0.1) is 6.20 Å². The number of aryl methyl sites for hydroxylation is 1. The van der Waals surface area contributed by atoms with E-state index >= 15 is 0 Å². The third kappa shape index (κ3) is 2.35. The van der Waals surface area contributed by atoms with Crippen molar-refractivity contribution < 1.29 is 13.2 Å². The highest BCUT2D eigenvalue weighted by atomic mass is 19.4. The number of anilines is 1. The van der Waals surface area contributed by atoms with Gasteiger partial charge in [0.15, 0.2) is 5.82 Å². The van der Waals surface area contributed by atoms with Crippen molar-refractivity contribution in [2.75, 3.05) is 5.73 Å². The number of nitrogen functional groups attached to an aromatic ring is 1. The van der Waals surface area contributed by atoms with E-state index in [9.17, 15) is 13.2 Å². The van der Waals surface area contributed by atoms with Gasteiger partial charge in [-0.25, -0.2) is 14.6 Å². The standard InChI is InChI=1S/C9H8F3N5/c1-5-3-14-17(4-5)7-2-6(13)15-8(16-7)9(10,11)12/h2-4H,1H3,(H2,13,15,16). The van der Waals surface area contributed by atoms with Crippen LogP contribution < -0.4 is 5.73 Å². The van der Waals surface area contributed by atoms with Crippen LogP contribution in [-0.2, 0) is 6.18 Å². The van der Waals surface area contributed by atoms with E-state index in [1.165, 1.54) is 16.9 Å². The van der Waals surface area contributed by atoms with Gasteiger partial charge in [0.25, 0.3) is 0 Å². The van der Waals surface area contributed by atoms with Crippen LogP contribution in [0.5, 0.6) is 0 Å². The van der Waals surface area contributed by atoms with E-state index in [2.05, 4.69) is 15.1 Å². The Morgan fingerprint density at radius 1 is 1.29 bits per heavy atom. The van der Waals surface area contributed by atoms with E-state index in [-0.39, 0.29) is 11.6 Å². The maximum Gasteiger partial charge on any atom is 0.451 e. The van der Waals surface area contributed by atoms with Crippen LogP contribution in [0.4, 0.5) is 19.0 Å². The molecule has 2 aromatic heterocycles. The second kappa shape index (κ2) is 3.72. The van der Waals surface area contributed by atoms with Gasteiger partial charge in [0.1, 0.15) is 5.82 Å². The smallest absolute Gasteiger partial charge is 0.384 e. The quantitative estimate of drug-likeness (QED) is 0.825. The van der Waals surface area contributed by atoms with Gasteiger partial charge in [-0.3, -0.25) is 0 Å². The van der Waals surface area contributed by atoms with E-state index in [1.54, 1.807) is 13.1 Å². The van der Waals surface area contributed by atoms with Crippen LogP contribution >= 0.6 is 0 Å². The summed E-state index contributed by atoms with van der Waals surface area (Å²) >= 11 is 0. The van der Waals surface area contributed by atoms with Crippen LogP contribution in [0, 0.1) is 6.92 Å². The van der Waals surface area contributed by atoms with Crippen LogP contribution in [0.2, 0.25) is 0 Å². The summed E-state index contributed by atoms with van der Waals surface area (Å²) in [7, 11) is 0. The summed E-state index contributed by atoms with van der Waals surface area (Å²) in [5.74, 6) is -1.55. The Morgan fingerprint density at radius 3 is 2.53 bits per heavy atom. The molecule has 0 aliphatic carbocycles. The Labute approximate surface area is 94.1 Å². The van der Waals surface area contributed by atoms with Gasteiger partial charge < -0.3 is 5.73 Å². The minimum absolute atomic E-state index is 0.0158. The number of hydrogen-bond donors (Lipinski definition) is 1. The average Bonchev–Trinajstić information content (AvgIpc) is 2.62. The lowest BCUT2D eigenvalue weighted by atomic mass is 10.4. The predicted octanol–water partition coefficient (Wildman–Crippen LogP) is 1.57. The molecule has 0 atom stereocenters. The maximum atomic E-state index is 12.5. The summed E-state index contributed by atoms with van der Waals surface area (Å²) in [6.45, 7) is 1.76. The molecule has 0 spiro atoms. The van der Waals surface area contributed by atoms with Gasteiger partial charge in [-0.2, -0.15) is 18.3 Å². The second-order valence-electron chi connectivity index (χ2n) is 3.43. The Morgan fingerprint density at radius 2 is 2.00 bits per heavy atom. The van der Waals surface area contributed by atoms with Crippen molar-refractivity contribution in [2.24, 2.45) is 0 Å². The summed E-state index contributed by atoms with van der Waals surface area (Å²) in [5, 5.41) is 3.85. The minimum Gasteiger partial charge on any atom is -0.384 e. The number of nitrogens with two attached hydrogens (primary N) is 1. The highest BCUT2D eigenvalue weighted by Gasteiger charge is 2.35. The van der Waals surface area contributed by atoms with Crippen LogP contribution in [-0.4, -0.2) is 19.7 Å². The molecule has 2 rings (SSSR count). The first-order valence-corrected chi connectivity index (χ1v) is 4.59. The SMILES string of the molecule is Cc1cnn(-c2cc(N)nc(C(F)(F)F)n2)c1. The molecule has 0 aliphatic rings. The monoisotopic (exact) mass is 243 g/mol. The molecule has 0 amide bonds. The van der Waals surface area contributed by atoms with Crippen LogP contribution in [0.25, 0.3) is 5.82 Å². The molecule has 2 N–H and O–H groups in total. The molecule has 0 aliphatic heterocycles. The van der Waals surface area contributed by atoms with Crippen molar-refractivity contribution in [3.63, 3.8) is 0 Å². The summed E-state index contributed by atoms with van der Waals surface area (Å²) in [6.07, 6.45) is -1.58. The van der Waals surface area contributed by atoms with Crippen molar-refractivity contribution in [1.29, 1.82) is 0 Å². The van der Waals surface area contributed by atoms with Crippen molar-refractivity contribution >= 4 is 5.82 Å². The molecule has 0 unspecified atom stereocenters. The van der Waals surface area contributed by atoms with Gasteiger partial charge >= 0.3 is 6.18 Å². The summed E-state index contributed by atoms with van der Waals surface area (Å²) in [5.41, 5.74) is 6.11. The molecule has 2 aromatic rings. The fourth-order valence-corrected chi connectivity index (χ4v) is 1.23. The molecule has 8 heteroatoms. The van der Waals surface area contributed by atoms with Crippen LogP contribution in [0.15, 0.2) is 18.5 Å². The average molecular weight is 243 g/mol. The number of nitrogens with zero attached hydrogens (tertiary/aromatic N) is 4. The molecular weight excluding hydrogens is 235 g/mol. The molecule has 0 radical (unpaired) electrons. The second-order valence-corrected chi connectivity index (χ2v) is 3.43. The Bertz CT molecular complexity index is 546. The zero-order valence-corrected chi connectivity index (χ0v) is 8.73. The lowest BCUT2D eigenvalue weighted by Crippen LogP contribution is -2.14. The highest BCUT2D eigenvalue weighted by molar-refractivity contribution is 5.37. The molecule has 0 saturated carbocycles. The number of rotatable bonds is 1. The van der Waals surface area contributed by atoms with Gasteiger partial charge in [-0.1, -0.05) is 0 Å². The fraction of sp³-hybridized carbons (Fsp3) is 0.222. The lowest BCUT2D eigenvalue weighted by Gasteiger charge is -2.07. The molecule has 0 aromatic carbocycles. The number of hydrogen-bond acceptors (Lipinski definition) is 4. The first kappa shape index (κ1) is 11.4. The first-order chi connectivity index (χ1) is 7.86. The number of aromatic nitrogens is 4. The normalized spacial score (nSPS) is 11.8. The van der Waals surface area contributed by atoms with Crippen molar-refractivity contribution in [2.45, 2.75) is 13.1 Å². The van der Waals surface area contributed by atoms with Crippen LogP contribution in [0.3, 0.4) is 0 Å². The van der Waals surface area contributed by atoms with E-state index < -0.39 is 12.0 Å². The summed E-state index contributed by atoms with van der Waals surface area (Å²) in [4.78, 5) is 6.51. The Hall–Kier alpha value is -2.12. The number of halogens is 3. The minimum atomic E-state index is -4.63. The summed E-state index contributed by atoms with van der Waals surface area (Å²) in [6, 6.07) is 1.22. The zero-order valence-electron chi connectivity index (χ0n) is 8.73. The molecule has 90 valence electrons. The molecule has 5 nitrogen and oxygen atoms in total. The van der Waals surface area contributed by atoms with Crippen molar-refractivity contribution in [3.05, 3.63) is 29.8 Å². The molecule has 2 heterocycles. The fourth-order valence-electron chi connectivity index (χ4n) is 1.23. The van der Waals surface area contributed by atoms with Gasteiger partial charge in [-0.15, -0.1) is 0 Å². The van der Waals surface area contributed by atoms with E-state index in [0.717, 1.165) is 5.56 Å². The van der Waals surface area contributed by atoms with E-state index in [0.29, 0.717) is 0 Å². The van der Waals surface area contributed by atoms with Gasteiger partial charge in [-0.05, 0) is 12.5 Å². The Kier molecular flexibility index (Phi) is 2.49. The largest absolute Gasteiger partial charge is 0.451 e. The third-order valence-corrected chi connectivity index (χ3v) is 1.93. The Balaban J connectivity index is 2.52. The number of alkyl halides is 3. The van der Waals surface area contributed by atoms with Gasteiger partial charge in [0.2, 0.25) is 5.82 Å². The molecule has 17 heavy (non-hydrogen) atoms. The van der Waals surface area contributed by atoms with Gasteiger partial charge in [0, 0.05) is 12.3 Å². The van der Waals surface area contributed by atoms with E-state index in [1.807, 2.05) is 0 Å². The third-order valence-electron chi connectivity index (χ3n) is 1.93. The van der Waals surface area contributed by atoms with Crippen LogP contribution in [0.1, 0.15) is 11.4 Å². The van der Waals surface area contributed by atoms with E-state index in [4.69, 9.17) is 5.73 Å². The molecule has 0 fully saturated rings. The molecule has 0 saturated heterocycles. The maximum absolute atomic E-state index is 12.5. The summed E-state index contributed by atoms with van der Waals surface area (Å²) < 4.78 is 38.6. The predicted molar refractivity (Wildman–Crippen MR) is 53.3 cm³/mol. The molecular formula is C9H8F3N5. The van der Waals surface area contributed by atoms with Crippen molar-refractivity contribution in [3.8, 4) is 5.82 Å². The lowest BCUT2D eigenvalue weighted by molar-refractivity contribution is -0.144. The zero-order chi connectivity index (χ0) is 12.6.